The molecular weight excluding hydrogens is 3050 g/mol. The van der Waals surface area contributed by atoms with E-state index in [2.05, 4.69) is 183 Å². The Hall–Kier alpha value is -10.4. The molecule has 18 nitrogen and oxygen atoms in total. The minimum absolute atomic E-state index is 0. The van der Waals surface area contributed by atoms with Gasteiger partial charge in [-0.2, -0.15) is 52.7 Å². The number of nitrogens with one attached hydrogen (secondary N) is 1. The van der Waals surface area contributed by atoms with E-state index in [1.54, 1.807) is 47.9 Å². The fourth-order valence-corrected chi connectivity index (χ4v) is 12.7. The summed E-state index contributed by atoms with van der Waals surface area (Å²) in [5.41, 5.74) is 18.1. The van der Waals surface area contributed by atoms with Crippen LogP contribution in [0.3, 0.4) is 0 Å². The molecule has 0 amide bonds. The normalized spacial score (nSPS) is 9.72. The zero-order chi connectivity index (χ0) is 84.3. The molecule has 4 radical (unpaired) electrons. The third-order valence-electron chi connectivity index (χ3n) is 18.8. The molecule has 680 valence electrons. The van der Waals surface area contributed by atoms with Gasteiger partial charge in [-0.15, -0.1) is 232 Å². The van der Waals surface area contributed by atoms with Gasteiger partial charge in [0, 0.05) is 311 Å². The van der Waals surface area contributed by atoms with Gasteiger partial charge in [-0.25, -0.2) is 0 Å². The number of hydrogen-bond acceptors (Lipinski definition) is 10. The molecule has 130 heavy (non-hydrogen) atoms. The van der Waals surface area contributed by atoms with E-state index in [1.807, 2.05) is 338 Å². The smallest absolute Gasteiger partial charge is 0.0768 e. The fourth-order valence-electron chi connectivity index (χ4n) is 12.7. The molecule has 0 fully saturated rings. The van der Waals surface area contributed by atoms with E-state index in [9.17, 15) is 0 Å². The Morgan fingerprint density at radius 3 is 1.08 bits per heavy atom. The van der Waals surface area contributed by atoms with Gasteiger partial charge in [0.1, 0.15) is 0 Å². The van der Waals surface area contributed by atoms with Crippen LogP contribution in [0.1, 0.15) is 11.1 Å². The van der Waals surface area contributed by atoms with Crippen LogP contribution >= 0.6 is 0 Å². The molecule has 0 saturated heterocycles. The molecule has 0 aliphatic rings. The summed E-state index contributed by atoms with van der Waals surface area (Å²) >= 11 is 0. The molecule has 26 heteroatoms. The van der Waals surface area contributed by atoms with Crippen molar-refractivity contribution in [2.75, 3.05) is 7.05 Å². The van der Waals surface area contributed by atoms with Crippen molar-refractivity contribution in [1.82, 2.24) is 82.2 Å². The SMILES string of the molecule is CNCc1cc[c-]c(-c2nccn2C)c1.Cn1cc(-c2ccccc2)nc1-c1[c-]cccc1.Cn1ccnc1-c1[c-]ccc(-c2ccccc2)c1.Cn1ccnc1-c1[c-]ccc(CO)c1.Cn1ccnc1-c1[c-]cccc1.[Ir].[Ir].[Ir].[Ir].[Pt].[Pt].[Pt].[Pt].[c-]1ccc(-c2ccccc2)cc1-n1cccn1.[c-]1ccccc1-c1nccn1-c1ccccc1.[c-]1ccccc1-n1cccn1. The van der Waals surface area contributed by atoms with Crippen molar-refractivity contribution in [1.29, 1.82) is 0 Å². The number of rotatable bonds is 15. The Kier molecular flexibility index (Phi) is 50.0. The predicted octanol–water partition coefficient (Wildman–Crippen LogP) is 20.3. The molecule has 0 aliphatic heterocycles. The second kappa shape index (κ2) is 59.1. The first kappa shape index (κ1) is 110. The summed E-state index contributed by atoms with van der Waals surface area (Å²) in [6.07, 6.45) is 28.0. The van der Waals surface area contributed by atoms with E-state index >= 15 is 0 Å². The summed E-state index contributed by atoms with van der Waals surface area (Å²) in [7, 11) is 11.8. The average Bonchev–Trinajstić information content (AvgIpc) is 1.67. The van der Waals surface area contributed by atoms with Gasteiger partial charge in [0.2, 0.25) is 0 Å². The van der Waals surface area contributed by atoms with Crippen LogP contribution in [0, 0.1) is 48.5 Å². The summed E-state index contributed by atoms with van der Waals surface area (Å²) in [6.45, 7) is 0.915. The van der Waals surface area contributed by atoms with Crippen molar-refractivity contribution < 1.29 is 170 Å². The van der Waals surface area contributed by atoms with Crippen LogP contribution in [0.15, 0.2) is 396 Å². The third kappa shape index (κ3) is 32.3. The second-order valence-corrected chi connectivity index (χ2v) is 27.4. The Labute approximate surface area is 872 Å². The van der Waals surface area contributed by atoms with Gasteiger partial charge in [-0.3, -0.25) is 39.3 Å². The Balaban J connectivity index is 0.000000262. The molecule has 0 bridgehead atoms. The molecule has 8 heterocycles. The molecule has 12 aromatic carbocycles. The Morgan fingerprint density at radius 2 is 0.654 bits per heavy atom. The number of nitrogens with zero attached hydrogens (tertiary/aromatic N) is 16. The van der Waals surface area contributed by atoms with E-state index in [0.29, 0.717) is 0 Å². The van der Waals surface area contributed by atoms with Crippen LogP contribution < -0.4 is 5.32 Å². The zero-order valence-corrected chi connectivity index (χ0v) is 89.8. The molecular formula is C104H89Ir4N17OPt4-8. The van der Waals surface area contributed by atoms with Gasteiger partial charge in [0.15, 0.2) is 0 Å². The standard InChI is InChI=1S/2C16H13N2.2C15H11N2.C12H14N3.C11H11N2O.C10H9N2.C9H7N2.4Ir.4Pt/c1-18-12-15(13-8-4-2-5-9-13)17-16(18)14-10-6-3-7-11-14;1-18-11-10-17-16(18)15-9-5-8-14(12-15)13-6-3-2-4-7-13;1-3-7-13(8-4-1)15-16-11-12-17(15)14-9-5-2-6-10-14;1-2-6-13(7-3-1)14-8-4-9-15(12-14)17-11-5-10-16-17;1-13-9-10-4-3-5-11(8-10)12-14-6-7-15(12)2;1-13-6-5-12-11(13)10-4-2-3-9(7-10)8-14;1-12-8-7-11-10(12)9-5-3-2-4-6-9;1-2-5-9(6-3-1)11-8-4-7-10-11;;;;;;;;/h2-10,12H,1H3;2-8,10-12H,1H3;1-7,9-12H;1-8,10-12H;3-4,6-8,13H,9H2,1-2H3;2-3,5-7,14H,8H2,1H3;2-5,7-8H,1H3;1-5,7-8H;;;;;;;;/q8*-1;;;;;;;;. The maximum absolute atomic E-state index is 8.99. The van der Waals surface area contributed by atoms with E-state index in [1.165, 1.54) is 27.8 Å². The summed E-state index contributed by atoms with van der Waals surface area (Å²) in [5.74, 6) is 5.56. The number of aliphatic hydroxyl groups is 1. The fraction of sp³-hybridized carbons (Fsp3) is 0.0769. The van der Waals surface area contributed by atoms with Gasteiger partial charge < -0.3 is 37.8 Å². The zero-order valence-electron chi connectivity index (χ0n) is 71.1. The van der Waals surface area contributed by atoms with Gasteiger partial charge in [0.05, 0.1) is 47.2 Å². The molecule has 20 rings (SSSR count). The van der Waals surface area contributed by atoms with Crippen molar-refractivity contribution in [3.63, 3.8) is 0 Å². The summed E-state index contributed by atoms with van der Waals surface area (Å²) in [4.78, 5) is 26.2. The number of aliphatic hydroxyl groups excluding tert-OH is 1. The monoisotopic (exact) mass is 3140 g/mol. The third-order valence-corrected chi connectivity index (χ3v) is 18.8. The molecule has 0 unspecified atom stereocenters. The maximum Gasteiger partial charge on any atom is 0.0768 e. The number of aryl methyl sites for hydroxylation is 5. The first-order chi connectivity index (χ1) is 60.0. The van der Waals surface area contributed by atoms with Crippen molar-refractivity contribution in [3.05, 3.63) is 456 Å². The molecule has 20 aromatic rings. The van der Waals surface area contributed by atoms with E-state index in [-0.39, 0.29) is 171 Å². The summed E-state index contributed by atoms with van der Waals surface area (Å²) < 4.78 is 15.6. The Morgan fingerprint density at radius 1 is 0.292 bits per heavy atom. The molecule has 0 aliphatic carbocycles. The van der Waals surface area contributed by atoms with Crippen molar-refractivity contribution in [3.8, 4) is 119 Å². The molecule has 2 N–H and O–H groups in total. The molecule has 8 aromatic heterocycles. The maximum atomic E-state index is 8.99. The molecule has 0 saturated carbocycles. The molecule has 0 spiro atoms. The van der Waals surface area contributed by atoms with Gasteiger partial charge in [0.25, 0.3) is 0 Å². The molecule has 0 atom stereocenters. The first-order valence-corrected chi connectivity index (χ1v) is 39.4. The van der Waals surface area contributed by atoms with Crippen LogP contribution in [-0.4, -0.2) is 89.0 Å². The van der Waals surface area contributed by atoms with E-state index in [4.69, 9.17) is 5.11 Å². The van der Waals surface area contributed by atoms with Gasteiger partial charge >= 0.3 is 0 Å². The Bertz CT molecular complexity index is 6360. The first-order valence-electron chi connectivity index (χ1n) is 39.4. The van der Waals surface area contributed by atoms with Crippen molar-refractivity contribution in [2.45, 2.75) is 13.2 Å². The number of aromatic nitrogens is 16. The van der Waals surface area contributed by atoms with E-state index < -0.39 is 0 Å². The number of imidazole rings is 6. The van der Waals surface area contributed by atoms with Crippen LogP contribution in [0.25, 0.3) is 119 Å². The second-order valence-electron chi connectivity index (χ2n) is 27.4. The largest absolute Gasteiger partial charge is 0.393 e. The van der Waals surface area contributed by atoms with Crippen LogP contribution in [0.5, 0.6) is 0 Å². The topological polar surface area (TPSA) is 175 Å². The van der Waals surface area contributed by atoms with Gasteiger partial charge in [-0.1, -0.05) is 109 Å². The van der Waals surface area contributed by atoms with E-state index in [0.717, 1.165) is 109 Å². The summed E-state index contributed by atoms with van der Waals surface area (Å²) in [5, 5.41) is 20.4. The minimum atomic E-state index is 0. The van der Waals surface area contributed by atoms with Gasteiger partial charge in [-0.05, 0) is 53.8 Å². The number of hydrogen-bond donors (Lipinski definition) is 2. The average molecular weight is 3140 g/mol. The quantitative estimate of drug-likeness (QED) is 0.0940. The van der Waals surface area contributed by atoms with Crippen molar-refractivity contribution >= 4 is 0 Å². The number of benzene rings is 12. The predicted molar refractivity (Wildman–Crippen MR) is 485 cm³/mol. The van der Waals surface area contributed by atoms with Crippen LogP contribution in [0.2, 0.25) is 0 Å². The number of para-hydroxylation sites is 2. The minimum Gasteiger partial charge on any atom is -0.393 e. The van der Waals surface area contributed by atoms with Crippen LogP contribution in [-0.2, 0) is 213 Å². The van der Waals surface area contributed by atoms with Crippen molar-refractivity contribution in [2.24, 2.45) is 35.2 Å². The van der Waals surface area contributed by atoms with Crippen LogP contribution in [0.4, 0.5) is 0 Å². The summed E-state index contributed by atoms with van der Waals surface area (Å²) in [6, 6.07) is 125.